The van der Waals surface area contributed by atoms with Gasteiger partial charge in [-0.25, -0.2) is 0 Å². The third-order valence-electron chi connectivity index (χ3n) is 4.58. The van der Waals surface area contributed by atoms with E-state index in [1.807, 2.05) is 32.9 Å². The quantitative estimate of drug-likeness (QED) is 0.923. The lowest BCUT2D eigenvalue weighted by molar-refractivity contribution is -0.132. The van der Waals surface area contributed by atoms with Crippen LogP contribution in [-0.2, 0) is 4.79 Å². The van der Waals surface area contributed by atoms with E-state index in [0.717, 1.165) is 27.7 Å². The zero-order valence-corrected chi connectivity index (χ0v) is 14.6. The molecule has 0 aliphatic carbocycles. The van der Waals surface area contributed by atoms with Crippen molar-refractivity contribution in [1.29, 1.82) is 0 Å². The topological polar surface area (TPSA) is 62.3 Å². The fraction of sp³-hybridized carbons (Fsp3) is 0.421. The molecular formula is C19H23N3O2. The molecule has 5 nitrogen and oxygen atoms in total. The lowest BCUT2D eigenvalue weighted by atomic mass is 10.00. The molecule has 0 radical (unpaired) electrons. The average Bonchev–Trinajstić information content (AvgIpc) is 2.51. The molecule has 1 N–H and O–H groups in total. The molecule has 0 spiro atoms. The van der Waals surface area contributed by atoms with Crippen LogP contribution in [0.1, 0.15) is 40.0 Å². The van der Waals surface area contributed by atoms with Crippen LogP contribution in [0, 0.1) is 20.8 Å². The number of aromatic nitrogens is 1. The first-order chi connectivity index (χ1) is 11.3. The Bertz CT molecular complexity index is 829. The van der Waals surface area contributed by atoms with E-state index in [4.69, 9.17) is 0 Å². The lowest BCUT2D eigenvalue weighted by Crippen LogP contribution is -2.48. The predicted octanol–water partition coefficient (Wildman–Crippen LogP) is 2.51. The van der Waals surface area contributed by atoms with E-state index in [0.29, 0.717) is 24.9 Å². The standard InChI is InChI=1S/C19H23N3O2/c1-11-7-12(2)18-15(8-11)16(9-13(3)20-18)19(24)21-14-5-6-17(23)22(4)10-14/h7-9,14H,5-6,10H2,1-4H3,(H,21,24). The molecule has 1 aromatic carbocycles. The van der Waals surface area contributed by atoms with E-state index in [9.17, 15) is 9.59 Å². The van der Waals surface area contributed by atoms with Crippen LogP contribution in [0.4, 0.5) is 0 Å². The number of piperidine rings is 1. The van der Waals surface area contributed by atoms with Crippen molar-refractivity contribution in [3.8, 4) is 0 Å². The molecule has 0 bridgehead atoms. The van der Waals surface area contributed by atoms with Crippen molar-refractivity contribution < 1.29 is 9.59 Å². The molecule has 2 aromatic rings. The maximum absolute atomic E-state index is 12.8. The highest BCUT2D eigenvalue weighted by Gasteiger charge is 2.25. The van der Waals surface area contributed by atoms with E-state index in [-0.39, 0.29) is 17.9 Å². The summed E-state index contributed by atoms with van der Waals surface area (Å²) in [5.74, 6) is 0.0419. The number of benzene rings is 1. The number of carbonyl (C=O) groups excluding carboxylic acids is 2. The van der Waals surface area contributed by atoms with Crippen molar-refractivity contribution in [1.82, 2.24) is 15.2 Å². The molecule has 1 fully saturated rings. The van der Waals surface area contributed by atoms with Crippen molar-refractivity contribution >= 4 is 22.7 Å². The summed E-state index contributed by atoms with van der Waals surface area (Å²) in [5.41, 5.74) is 4.55. The van der Waals surface area contributed by atoms with Crippen molar-refractivity contribution in [2.24, 2.45) is 0 Å². The molecule has 1 saturated heterocycles. The third kappa shape index (κ3) is 3.11. The number of carbonyl (C=O) groups is 2. The number of nitrogens with one attached hydrogen (secondary N) is 1. The highest BCUT2D eigenvalue weighted by Crippen LogP contribution is 2.24. The van der Waals surface area contributed by atoms with Crippen molar-refractivity contribution in [3.05, 3.63) is 40.6 Å². The Morgan fingerprint density at radius 3 is 2.71 bits per heavy atom. The summed E-state index contributed by atoms with van der Waals surface area (Å²) in [6.45, 7) is 6.51. The first-order valence-electron chi connectivity index (χ1n) is 8.28. The summed E-state index contributed by atoms with van der Waals surface area (Å²) in [5, 5.41) is 3.97. The number of fused-ring (bicyclic) bond motifs is 1. The van der Waals surface area contributed by atoms with Crippen molar-refractivity contribution in [2.75, 3.05) is 13.6 Å². The Kier molecular flexibility index (Phi) is 4.26. The average molecular weight is 325 g/mol. The highest BCUT2D eigenvalue weighted by atomic mass is 16.2. The molecule has 1 aliphatic heterocycles. The number of likely N-dealkylation sites (tertiary alicyclic amines) is 1. The molecule has 1 aromatic heterocycles. The summed E-state index contributed by atoms with van der Waals surface area (Å²) in [6, 6.07) is 5.93. The zero-order chi connectivity index (χ0) is 17.4. The van der Waals surface area contributed by atoms with E-state index in [1.165, 1.54) is 0 Å². The zero-order valence-electron chi connectivity index (χ0n) is 14.6. The van der Waals surface area contributed by atoms with Crippen LogP contribution in [0.3, 0.4) is 0 Å². The Morgan fingerprint density at radius 1 is 1.25 bits per heavy atom. The fourth-order valence-corrected chi connectivity index (χ4v) is 3.39. The molecule has 126 valence electrons. The van der Waals surface area contributed by atoms with Gasteiger partial charge in [-0.3, -0.25) is 14.6 Å². The molecule has 3 rings (SSSR count). The van der Waals surface area contributed by atoms with Crippen LogP contribution < -0.4 is 5.32 Å². The Hall–Kier alpha value is -2.43. The van der Waals surface area contributed by atoms with E-state index >= 15 is 0 Å². The molecular weight excluding hydrogens is 302 g/mol. The lowest BCUT2D eigenvalue weighted by Gasteiger charge is -2.30. The number of aryl methyl sites for hydroxylation is 3. The fourth-order valence-electron chi connectivity index (χ4n) is 3.39. The summed E-state index contributed by atoms with van der Waals surface area (Å²) in [7, 11) is 1.78. The molecule has 2 amide bonds. The van der Waals surface area contributed by atoms with Crippen LogP contribution in [0.15, 0.2) is 18.2 Å². The largest absolute Gasteiger partial charge is 0.347 e. The number of rotatable bonds is 2. The number of likely N-dealkylation sites (N-methyl/N-ethyl adjacent to an activating group) is 1. The molecule has 1 aliphatic rings. The van der Waals surface area contributed by atoms with Gasteiger partial charge in [0.05, 0.1) is 11.1 Å². The van der Waals surface area contributed by atoms with Gasteiger partial charge in [-0.15, -0.1) is 0 Å². The van der Waals surface area contributed by atoms with Gasteiger partial charge in [0, 0.05) is 37.1 Å². The second-order valence-corrected chi connectivity index (χ2v) is 6.77. The van der Waals surface area contributed by atoms with Crippen LogP contribution >= 0.6 is 0 Å². The molecule has 24 heavy (non-hydrogen) atoms. The highest BCUT2D eigenvalue weighted by molar-refractivity contribution is 6.07. The van der Waals surface area contributed by atoms with Gasteiger partial charge in [0.2, 0.25) is 5.91 Å². The van der Waals surface area contributed by atoms with Gasteiger partial charge in [-0.1, -0.05) is 11.6 Å². The maximum Gasteiger partial charge on any atom is 0.252 e. The van der Waals surface area contributed by atoms with Crippen LogP contribution in [-0.4, -0.2) is 41.3 Å². The molecule has 1 atom stereocenters. The number of hydrogen-bond acceptors (Lipinski definition) is 3. The smallest absolute Gasteiger partial charge is 0.252 e. The van der Waals surface area contributed by atoms with E-state index in [1.54, 1.807) is 11.9 Å². The summed E-state index contributed by atoms with van der Waals surface area (Å²) in [4.78, 5) is 30.7. The normalized spacial score (nSPS) is 18.1. The third-order valence-corrected chi connectivity index (χ3v) is 4.58. The summed E-state index contributed by atoms with van der Waals surface area (Å²) >= 11 is 0. The maximum atomic E-state index is 12.8. The number of pyridine rings is 1. The Balaban J connectivity index is 1.94. The minimum absolute atomic E-state index is 0.00497. The predicted molar refractivity (Wildman–Crippen MR) is 94.1 cm³/mol. The van der Waals surface area contributed by atoms with Gasteiger partial charge in [0.25, 0.3) is 5.91 Å². The Labute approximate surface area is 142 Å². The van der Waals surface area contributed by atoms with Crippen LogP contribution in [0.2, 0.25) is 0 Å². The number of nitrogens with zero attached hydrogens (tertiary/aromatic N) is 2. The summed E-state index contributed by atoms with van der Waals surface area (Å²) in [6.07, 6.45) is 1.17. The van der Waals surface area contributed by atoms with E-state index < -0.39 is 0 Å². The number of amides is 2. The van der Waals surface area contributed by atoms with Gasteiger partial charge in [-0.05, 0) is 44.9 Å². The number of hydrogen-bond donors (Lipinski definition) is 1. The molecule has 1 unspecified atom stereocenters. The van der Waals surface area contributed by atoms with Crippen molar-refractivity contribution in [2.45, 2.75) is 39.7 Å². The molecule has 2 heterocycles. The van der Waals surface area contributed by atoms with Gasteiger partial charge in [0.15, 0.2) is 0 Å². The van der Waals surface area contributed by atoms with Gasteiger partial charge in [0.1, 0.15) is 0 Å². The molecule has 0 saturated carbocycles. The Morgan fingerprint density at radius 2 is 2.00 bits per heavy atom. The minimum Gasteiger partial charge on any atom is -0.347 e. The SMILES string of the molecule is Cc1cc(C)c2nc(C)cc(C(=O)NC3CCC(=O)N(C)C3)c2c1. The van der Waals surface area contributed by atoms with Crippen LogP contribution in [0.5, 0.6) is 0 Å². The molecule has 5 heteroatoms. The van der Waals surface area contributed by atoms with Gasteiger partial charge in [-0.2, -0.15) is 0 Å². The summed E-state index contributed by atoms with van der Waals surface area (Å²) < 4.78 is 0. The second-order valence-electron chi connectivity index (χ2n) is 6.77. The van der Waals surface area contributed by atoms with Crippen molar-refractivity contribution in [3.63, 3.8) is 0 Å². The van der Waals surface area contributed by atoms with E-state index in [2.05, 4.69) is 16.4 Å². The van der Waals surface area contributed by atoms with Gasteiger partial charge >= 0.3 is 0 Å². The minimum atomic E-state index is -0.0942. The first kappa shape index (κ1) is 16.4. The van der Waals surface area contributed by atoms with Crippen LogP contribution in [0.25, 0.3) is 10.9 Å². The second kappa shape index (κ2) is 6.23. The monoisotopic (exact) mass is 325 g/mol. The first-order valence-corrected chi connectivity index (χ1v) is 8.28. The van der Waals surface area contributed by atoms with Gasteiger partial charge < -0.3 is 10.2 Å².